The highest BCUT2D eigenvalue weighted by Crippen LogP contribution is 2.10. The average molecular weight is 398 g/mol. The summed E-state index contributed by atoms with van der Waals surface area (Å²) in [6.07, 6.45) is 12.5. The summed E-state index contributed by atoms with van der Waals surface area (Å²) < 4.78 is 6.05. The molecule has 0 heterocycles. The number of halogens is 1. The quantitative estimate of drug-likeness (QED) is 0.207. The van der Waals surface area contributed by atoms with Gasteiger partial charge in [0, 0.05) is 6.61 Å². The van der Waals surface area contributed by atoms with Gasteiger partial charge in [0.15, 0.2) is 0 Å². The summed E-state index contributed by atoms with van der Waals surface area (Å²) in [5.41, 5.74) is 0. The molecule has 3 N–H and O–H groups in total. The van der Waals surface area contributed by atoms with Crippen LogP contribution in [0.2, 0.25) is 0 Å². The Labute approximate surface area is 167 Å². The molecule has 0 bridgehead atoms. The molecular weight excluding hydrogens is 354 g/mol. The van der Waals surface area contributed by atoms with Gasteiger partial charge in [-0.05, 0) is 6.42 Å². The van der Waals surface area contributed by atoms with Crippen LogP contribution in [0.5, 0.6) is 0 Å². The summed E-state index contributed by atoms with van der Waals surface area (Å²) in [4.78, 5) is 0. The van der Waals surface area contributed by atoms with Crippen molar-refractivity contribution in [2.24, 2.45) is 0 Å². The predicted molar refractivity (Wildman–Crippen MR) is 104 cm³/mol. The lowest BCUT2D eigenvalue weighted by molar-refractivity contribution is -0.913. The average Bonchev–Trinajstić information content (AvgIpc) is 2.56. The van der Waals surface area contributed by atoms with Crippen LogP contribution < -0.4 is 12.4 Å². The number of likely N-dealkylation sites (N-methyl/N-ethyl adjacent to an activating group) is 1. The first-order chi connectivity index (χ1) is 12.1. The monoisotopic (exact) mass is 397 g/mol. The molecule has 0 aliphatic rings. The maximum absolute atomic E-state index is 10.1. The molecule has 0 radical (unpaired) electrons. The third-order valence-electron chi connectivity index (χ3n) is 4.88. The first-order valence-corrected chi connectivity index (χ1v) is 10.4. The topological polar surface area (TPSA) is 69.9 Å². The molecular formula is C20H44ClNO4. The van der Waals surface area contributed by atoms with Crippen molar-refractivity contribution >= 4 is 0 Å². The van der Waals surface area contributed by atoms with Crippen LogP contribution in [0, 0.1) is 0 Å². The standard InChI is InChI=1S/C20H44NO4.ClH/c1-3-4-5-6-7-8-9-10-11-12-17-25-19-20(24)18-21(2,13-15-22)14-16-23;/h20,22-24H,3-19H2,1-2H3;1H/q+1;/p-1. The van der Waals surface area contributed by atoms with E-state index >= 15 is 0 Å². The molecule has 1 unspecified atom stereocenters. The van der Waals surface area contributed by atoms with Gasteiger partial charge < -0.3 is 36.9 Å². The van der Waals surface area contributed by atoms with Crippen LogP contribution in [-0.4, -0.2) is 79.0 Å². The van der Waals surface area contributed by atoms with E-state index in [-0.39, 0.29) is 25.6 Å². The van der Waals surface area contributed by atoms with Gasteiger partial charge in [-0.1, -0.05) is 64.7 Å². The largest absolute Gasteiger partial charge is 1.00 e. The third-order valence-corrected chi connectivity index (χ3v) is 4.88. The molecule has 26 heavy (non-hydrogen) atoms. The molecule has 0 saturated heterocycles. The molecule has 0 aromatic heterocycles. The highest BCUT2D eigenvalue weighted by molar-refractivity contribution is 4.54. The third kappa shape index (κ3) is 17.5. The fourth-order valence-electron chi connectivity index (χ4n) is 3.25. The second kappa shape index (κ2) is 19.8. The van der Waals surface area contributed by atoms with Gasteiger partial charge in [-0.15, -0.1) is 0 Å². The number of nitrogens with zero attached hydrogens (tertiary/aromatic N) is 1. The van der Waals surface area contributed by atoms with Crippen molar-refractivity contribution in [3.63, 3.8) is 0 Å². The Bertz CT molecular complexity index is 277. The number of rotatable bonds is 19. The number of quaternary nitrogens is 1. The number of hydrogen-bond donors (Lipinski definition) is 3. The molecule has 0 amide bonds. The molecule has 160 valence electrons. The number of aliphatic hydroxyl groups is 3. The van der Waals surface area contributed by atoms with Gasteiger partial charge in [0.05, 0.1) is 26.9 Å². The molecule has 0 aliphatic carbocycles. The van der Waals surface area contributed by atoms with Crippen LogP contribution >= 0.6 is 0 Å². The molecule has 0 rings (SSSR count). The molecule has 0 saturated carbocycles. The number of unbranched alkanes of at least 4 members (excludes halogenated alkanes) is 9. The molecule has 0 aromatic rings. The maximum atomic E-state index is 10.1. The van der Waals surface area contributed by atoms with Gasteiger partial charge in [-0.2, -0.15) is 0 Å². The predicted octanol–water partition coefficient (Wildman–Crippen LogP) is -0.280. The Morgan fingerprint density at radius 3 is 1.73 bits per heavy atom. The number of aliphatic hydroxyl groups excluding tert-OH is 3. The summed E-state index contributed by atoms with van der Waals surface area (Å²) in [7, 11) is 1.94. The fraction of sp³-hybridized carbons (Fsp3) is 1.00. The van der Waals surface area contributed by atoms with E-state index in [2.05, 4.69) is 6.92 Å². The molecule has 5 nitrogen and oxygen atoms in total. The maximum Gasteiger partial charge on any atom is 0.126 e. The van der Waals surface area contributed by atoms with Gasteiger partial charge in [-0.25, -0.2) is 0 Å². The lowest BCUT2D eigenvalue weighted by Gasteiger charge is -2.35. The van der Waals surface area contributed by atoms with Crippen LogP contribution in [0.25, 0.3) is 0 Å². The summed E-state index contributed by atoms with van der Waals surface area (Å²) in [6.45, 7) is 4.99. The minimum Gasteiger partial charge on any atom is -1.00 e. The van der Waals surface area contributed by atoms with E-state index in [1.807, 2.05) is 7.05 Å². The summed E-state index contributed by atoms with van der Waals surface area (Å²) in [5, 5.41) is 28.3. The van der Waals surface area contributed by atoms with Gasteiger partial charge in [0.25, 0.3) is 0 Å². The Hall–Kier alpha value is 0.0900. The minimum absolute atomic E-state index is 0. The normalized spacial score (nSPS) is 12.8. The van der Waals surface area contributed by atoms with E-state index in [9.17, 15) is 5.11 Å². The van der Waals surface area contributed by atoms with Crippen molar-refractivity contribution in [3.8, 4) is 0 Å². The smallest absolute Gasteiger partial charge is 0.126 e. The van der Waals surface area contributed by atoms with E-state index in [0.717, 1.165) is 6.42 Å². The highest BCUT2D eigenvalue weighted by Gasteiger charge is 2.24. The summed E-state index contributed by atoms with van der Waals surface area (Å²) in [5.74, 6) is 0. The van der Waals surface area contributed by atoms with Gasteiger partial charge in [-0.3, -0.25) is 0 Å². The lowest BCUT2D eigenvalue weighted by atomic mass is 10.1. The van der Waals surface area contributed by atoms with Crippen molar-refractivity contribution in [2.45, 2.75) is 77.2 Å². The van der Waals surface area contributed by atoms with Crippen molar-refractivity contribution in [3.05, 3.63) is 0 Å². The van der Waals surface area contributed by atoms with E-state index in [1.54, 1.807) is 0 Å². The Balaban J connectivity index is 0. The zero-order valence-electron chi connectivity index (χ0n) is 17.2. The van der Waals surface area contributed by atoms with Gasteiger partial charge in [0.2, 0.25) is 0 Å². The fourth-order valence-corrected chi connectivity index (χ4v) is 3.25. The van der Waals surface area contributed by atoms with E-state index < -0.39 is 6.10 Å². The van der Waals surface area contributed by atoms with E-state index in [1.165, 1.54) is 57.8 Å². The molecule has 6 heteroatoms. The first-order valence-electron chi connectivity index (χ1n) is 10.4. The van der Waals surface area contributed by atoms with Crippen molar-refractivity contribution < 1.29 is 36.9 Å². The molecule has 0 fully saturated rings. The Morgan fingerprint density at radius 1 is 0.808 bits per heavy atom. The molecule has 0 aliphatic heterocycles. The Kier molecular flexibility index (Phi) is 21.6. The second-order valence-electron chi connectivity index (χ2n) is 7.61. The van der Waals surface area contributed by atoms with Crippen LogP contribution in [0.1, 0.15) is 71.1 Å². The van der Waals surface area contributed by atoms with E-state index in [0.29, 0.717) is 37.3 Å². The van der Waals surface area contributed by atoms with E-state index in [4.69, 9.17) is 14.9 Å². The molecule has 0 spiro atoms. The van der Waals surface area contributed by atoms with Gasteiger partial charge in [0.1, 0.15) is 25.7 Å². The van der Waals surface area contributed by atoms with Gasteiger partial charge >= 0.3 is 0 Å². The first kappa shape index (κ1) is 28.3. The van der Waals surface area contributed by atoms with Crippen molar-refractivity contribution in [1.29, 1.82) is 0 Å². The van der Waals surface area contributed by atoms with Crippen LogP contribution in [0.15, 0.2) is 0 Å². The Morgan fingerprint density at radius 2 is 1.27 bits per heavy atom. The summed E-state index contributed by atoms with van der Waals surface area (Å²) in [6, 6.07) is 0. The summed E-state index contributed by atoms with van der Waals surface area (Å²) >= 11 is 0. The van der Waals surface area contributed by atoms with Crippen LogP contribution in [0.4, 0.5) is 0 Å². The highest BCUT2D eigenvalue weighted by atomic mass is 35.5. The SMILES string of the molecule is CCCCCCCCCCCCOCC(O)C[N+](C)(CCO)CCO.[Cl-]. The van der Waals surface area contributed by atoms with Crippen LogP contribution in [-0.2, 0) is 4.74 Å². The zero-order chi connectivity index (χ0) is 18.8. The second-order valence-corrected chi connectivity index (χ2v) is 7.61. The lowest BCUT2D eigenvalue weighted by Crippen LogP contribution is -3.00. The number of hydrogen-bond acceptors (Lipinski definition) is 4. The van der Waals surface area contributed by atoms with Crippen LogP contribution in [0.3, 0.4) is 0 Å². The molecule has 0 aromatic carbocycles. The minimum atomic E-state index is -0.550. The van der Waals surface area contributed by atoms with Crippen molar-refractivity contribution in [1.82, 2.24) is 0 Å². The number of ether oxygens (including phenoxy) is 1. The zero-order valence-corrected chi connectivity index (χ0v) is 17.9. The van der Waals surface area contributed by atoms with Crippen molar-refractivity contribution in [2.75, 3.05) is 53.1 Å². The molecule has 1 atom stereocenters.